The van der Waals surface area contributed by atoms with Crippen LogP contribution in [0.3, 0.4) is 0 Å². The predicted molar refractivity (Wildman–Crippen MR) is 56.2 cm³/mol. The molecular weight excluding hydrogens is 196 g/mol. The molecule has 15 heavy (non-hydrogen) atoms. The van der Waals surface area contributed by atoms with Crippen LogP contribution in [0.2, 0.25) is 0 Å². The monoisotopic (exact) mass is 218 g/mol. The fraction of sp³-hybridized carbons (Fsp3) is 1.00. The SMILES string of the molecule is CCC(C)(C)[C@H]1[C@H](O)C[C@H](CO)O[C@H]1O. The molecule has 0 spiro atoms. The van der Waals surface area contributed by atoms with Crippen LogP contribution in [0.1, 0.15) is 33.6 Å². The molecule has 4 nitrogen and oxygen atoms in total. The van der Waals surface area contributed by atoms with Gasteiger partial charge in [0.25, 0.3) is 0 Å². The zero-order valence-electron chi connectivity index (χ0n) is 9.68. The van der Waals surface area contributed by atoms with Crippen molar-refractivity contribution in [2.24, 2.45) is 11.3 Å². The Kier molecular flexibility index (Phi) is 4.12. The average Bonchev–Trinajstić information content (AvgIpc) is 2.16. The molecule has 1 rings (SSSR count). The maximum atomic E-state index is 9.96. The second-order valence-electron chi connectivity index (χ2n) is 5.00. The maximum absolute atomic E-state index is 9.96. The van der Waals surface area contributed by atoms with Crippen molar-refractivity contribution < 1.29 is 20.1 Å². The van der Waals surface area contributed by atoms with Gasteiger partial charge >= 0.3 is 0 Å². The summed E-state index contributed by atoms with van der Waals surface area (Å²) in [6, 6.07) is 0. The maximum Gasteiger partial charge on any atom is 0.160 e. The highest BCUT2D eigenvalue weighted by atomic mass is 16.6. The van der Waals surface area contributed by atoms with Crippen LogP contribution in [0.5, 0.6) is 0 Å². The molecule has 4 heteroatoms. The van der Waals surface area contributed by atoms with Gasteiger partial charge in [0.15, 0.2) is 6.29 Å². The van der Waals surface area contributed by atoms with Crippen molar-refractivity contribution in [1.29, 1.82) is 0 Å². The molecule has 1 aliphatic heterocycles. The first-order valence-corrected chi connectivity index (χ1v) is 5.54. The molecule has 0 saturated carbocycles. The molecule has 90 valence electrons. The standard InChI is InChI=1S/C11H22O4/c1-4-11(2,3)9-8(13)5-7(6-12)15-10(9)14/h7-10,12-14H,4-6H2,1-3H3/t7-,8-,9+,10-/m1/s1. The Labute approximate surface area is 90.9 Å². The van der Waals surface area contributed by atoms with Gasteiger partial charge in [-0.25, -0.2) is 0 Å². The van der Waals surface area contributed by atoms with E-state index in [0.717, 1.165) is 6.42 Å². The molecule has 0 aromatic carbocycles. The van der Waals surface area contributed by atoms with E-state index in [-0.39, 0.29) is 17.9 Å². The van der Waals surface area contributed by atoms with Gasteiger partial charge in [-0.05, 0) is 5.41 Å². The third-order valence-electron chi connectivity index (χ3n) is 3.58. The van der Waals surface area contributed by atoms with Crippen molar-refractivity contribution in [3.05, 3.63) is 0 Å². The summed E-state index contributed by atoms with van der Waals surface area (Å²) in [5.41, 5.74) is -0.167. The molecule has 1 fully saturated rings. The number of hydrogen-bond acceptors (Lipinski definition) is 4. The lowest BCUT2D eigenvalue weighted by atomic mass is 9.71. The van der Waals surface area contributed by atoms with E-state index in [1.807, 2.05) is 20.8 Å². The van der Waals surface area contributed by atoms with Gasteiger partial charge in [-0.1, -0.05) is 27.2 Å². The molecule has 0 bridgehead atoms. The lowest BCUT2D eigenvalue weighted by molar-refractivity contribution is -0.253. The van der Waals surface area contributed by atoms with Crippen LogP contribution in [0.4, 0.5) is 0 Å². The second-order valence-corrected chi connectivity index (χ2v) is 5.00. The van der Waals surface area contributed by atoms with Gasteiger partial charge < -0.3 is 20.1 Å². The van der Waals surface area contributed by atoms with E-state index in [1.165, 1.54) is 0 Å². The van der Waals surface area contributed by atoms with E-state index in [0.29, 0.717) is 6.42 Å². The number of aliphatic hydroxyl groups is 3. The molecule has 4 atom stereocenters. The molecule has 1 heterocycles. The number of hydrogen-bond donors (Lipinski definition) is 3. The molecule has 0 unspecified atom stereocenters. The van der Waals surface area contributed by atoms with E-state index in [2.05, 4.69) is 0 Å². The summed E-state index contributed by atoms with van der Waals surface area (Å²) in [6.45, 7) is 5.88. The summed E-state index contributed by atoms with van der Waals surface area (Å²) >= 11 is 0. The lowest BCUT2D eigenvalue weighted by Crippen LogP contribution is -2.51. The number of aliphatic hydroxyl groups excluding tert-OH is 3. The highest BCUT2D eigenvalue weighted by Gasteiger charge is 2.44. The van der Waals surface area contributed by atoms with Gasteiger partial charge in [0.2, 0.25) is 0 Å². The van der Waals surface area contributed by atoms with E-state index in [9.17, 15) is 10.2 Å². The van der Waals surface area contributed by atoms with Crippen LogP contribution < -0.4 is 0 Å². The molecule has 0 aromatic rings. The first-order chi connectivity index (χ1) is 6.92. The lowest BCUT2D eigenvalue weighted by Gasteiger charge is -2.44. The molecule has 1 aliphatic rings. The van der Waals surface area contributed by atoms with Crippen molar-refractivity contribution in [3.63, 3.8) is 0 Å². The molecule has 0 aliphatic carbocycles. The smallest absolute Gasteiger partial charge is 0.160 e. The summed E-state index contributed by atoms with van der Waals surface area (Å²) in [5, 5.41) is 28.7. The van der Waals surface area contributed by atoms with Crippen LogP contribution in [0.25, 0.3) is 0 Å². The molecule has 3 N–H and O–H groups in total. The fourth-order valence-corrected chi connectivity index (χ4v) is 2.20. The predicted octanol–water partition coefficient (Wildman–Crippen LogP) is 0.499. The minimum Gasteiger partial charge on any atom is -0.394 e. The quantitative estimate of drug-likeness (QED) is 0.645. The fourth-order valence-electron chi connectivity index (χ4n) is 2.20. The Balaban J connectivity index is 2.74. The van der Waals surface area contributed by atoms with Crippen molar-refractivity contribution in [3.8, 4) is 0 Å². The summed E-state index contributed by atoms with van der Waals surface area (Å²) in [6.07, 6.45) is -0.791. The first kappa shape index (κ1) is 12.9. The summed E-state index contributed by atoms with van der Waals surface area (Å²) in [4.78, 5) is 0. The van der Waals surface area contributed by atoms with Gasteiger partial charge in [0.05, 0.1) is 18.8 Å². The van der Waals surface area contributed by atoms with Crippen molar-refractivity contribution >= 4 is 0 Å². The van der Waals surface area contributed by atoms with Crippen molar-refractivity contribution in [2.75, 3.05) is 6.61 Å². The van der Waals surface area contributed by atoms with E-state index >= 15 is 0 Å². The van der Waals surface area contributed by atoms with Crippen LogP contribution in [0, 0.1) is 11.3 Å². The highest BCUT2D eigenvalue weighted by Crippen LogP contribution is 2.40. The zero-order chi connectivity index (χ0) is 11.6. The molecule has 0 amide bonds. The Morgan fingerprint density at radius 1 is 1.33 bits per heavy atom. The second kappa shape index (κ2) is 4.78. The van der Waals surface area contributed by atoms with Crippen molar-refractivity contribution in [2.45, 2.75) is 52.1 Å². The largest absolute Gasteiger partial charge is 0.394 e. The Morgan fingerprint density at radius 2 is 1.93 bits per heavy atom. The minimum atomic E-state index is -0.985. The van der Waals surface area contributed by atoms with E-state index < -0.39 is 18.5 Å². The van der Waals surface area contributed by atoms with Gasteiger partial charge in [-0.2, -0.15) is 0 Å². The Bertz CT molecular complexity index is 193. The summed E-state index contributed by atoms with van der Waals surface area (Å²) < 4.78 is 5.25. The highest BCUT2D eigenvalue weighted by molar-refractivity contribution is 4.89. The third kappa shape index (κ3) is 2.69. The van der Waals surface area contributed by atoms with Crippen LogP contribution >= 0.6 is 0 Å². The Hall–Kier alpha value is -0.160. The molecular formula is C11H22O4. The van der Waals surface area contributed by atoms with E-state index in [4.69, 9.17) is 9.84 Å². The Morgan fingerprint density at radius 3 is 2.33 bits per heavy atom. The topological polar surface area (TPSA) is 69.9 Å². The normalized spacial score (nSPS) is 38.0. The first-order valence-electron chi connectivity index (χ1n) is 5.54. The summed E-state index contributed by atoms with van der Waals surface area (Å²) in [7, 11) is 0. The van der Waals surface area contributed by atoms with Crippen LogP contribution in [-0.2, 0) is 4.74 Å². The third-order valence-corrected chi connectivity index (χ3v) is 3.58. The van der Waals surface area contributed by atoms with Gasteiger partial charge in [-0.3, -0.25) is 0 Å². The summed E-state index contributed by atoms with van der Waals surface area (Å²) in [5.74, 6) is -0.287. The van der Waals surface area contributed by atoms with Gasteiger partial charge in [0, 0.05) is 12.3 Å². The van der Waals surface area contributed by atoms with Crippen LogP contribution in [-0.4, -0.2) is 40.4 Å². The van der Waals surface area contributed by atoms with Crippen molar-refractivity contribution in [1.82, 2.24) is 0 Å². The minimum absolute atomic E-state index is 0.159. The molecule has 0 radical (unpaired) electrons. The number of rotatable bonds is 3. The van der Waals surface area contributed by atoms with Crippen LogP contribution in [0.15, 0.2) is 0 Å². The van der Waals surface area contributed by atoms with E-state index in [1.54, 1.807) is 0 Å². The molecule has 1 saturated heterocycles. The average molecular weight is 218 g/mol. The molecule has 0 aromatic heterocycles. The van der Waals surface area contributed by atoms with Gasteiger partial charge in [-0.15, -0.1) is 0 Å². The number of ether oxygens (including phenoxy) is 1. The van der Waals surface area contributed by atoms with Gasteiger partial charge in [0.1, 0.15) is 0 Å². The zero-order valence-corrected chi connectivity index (χ0v) is 9.68.